The smallest absolute Gasteiger partial charge is 0.264 e. The second-order valence-corrected chi connectivity index (χ2v) is 8.33. The molecule has 170 valence electrons. The van der Waals surface area contributed by atoms with Crippen LogP contribution in [-0.4, -0.2) is 78.6 Å². The van der Waals surface area contributed by atoms with Crippen molar-refractivity contribution in [1.29, 1.82) is 0 Å². The summed E-state index contributed by atoms with van der Waals surface area (Å²) in [5, 5.41) is 8.16. The van der Waals surface area contributed by atoms with E-state index in [4.69, 9.17) is 0 Å². The van der Waals surface area contributed by atoms with Gasteiger partial charge in [0.2, 0.25) is 17.7 Å². The molecule has 4 rings (SSSR count). The molecule has 1 atom stereocenters. The average molecular weight is 441 g/mol. The molecule has 0 aliphatic carbocycles. The highest BCUT2D eigenvalue weighted by Gasteiger charge is 2.45. The molecule has 3 aliphatic heterocycles. The molecule has 3 N–H and O–H groups in total. The predicted octanol–water partition coefficient (Wildman–Crippen LogP) is -0.0423. The summed E-state index contributed by atoms with van der Waals surface area (Å²) in [6, 6.07) is 4.05. The molecular formula is C22H27N5O5. The largest absolute Gasteiger partial charge is 0.383 e. The first-order chi connectivity index (χ1) is 15.4. The molecule has 10 nitrogen and oxygen atoms in total. The van der Waals surface area contributed by atoms with Crippen LogP contribution in [0.5, 0.6) is 0 Å². The molecule has 0 saturated carbocycles. The van der Waals surface area contributed by atoms with Crippen molar-refractivity contribution >= 4 is 35.2 Å². The van der Waals surface area contributed by atoms with E-state index in [-0.39, 0.29) is 35.8 Å². The van der Waals surface area contributed by atoms with Crippen molar-refractivity contribution in [3.05, 3.63) is 29.3 Å². The highest BCUT2D eigenvalue weighted by atomic mass is 16.2. The van der Waals surface area contributed by atoms with Gasteiger partial charge < -0.3 is 15.5 Å². The van der Waals surface area contributed by atoms with Gasteiger partial charge in [0, 0.05) is 38.2 Å². The van der Waals surface area contributed by atoms with E-state index in [1.54, 1.807) is 25.2 Å². The third-order valence-corrected chi connectivity index (χ3v) is 6.42. The summed E-state index contributed by atoms with van der Waals surface area (Å²) >= 11 is 0. The molecule has 3 heterocycles. The van der Waals surface area contributed by atoms with Crippen LogP contribution in [0, 0.1) is 5.92 Å². The van der Waals surface area contributed by atoms with Gasteiger partial charge >= 0.3 is 0 Å². The number of nitrogens with one attached hydrogen (secondary N) is 3. The maximum absolute atomic E-state index is 13.1. The van der Waals surface area contributed by atoms with Gasteiger partial charge in [0.15, 0.2) is 0 Å². The molecule has 0 bridgehead atoms. The van der Waals surface area contributed by atoms with Crippen molar-refractivity contribution in [3.8, 4) is 0 Å². The van der Waals surface area contributed by atoms with E-state index in [1.807, 2.05) is 0 Å². The van der Waals surface area contributed by atoms with Crippen LogP contribution < -0.4 is 16.0 Å². The van der Waals surface area contributed by atoms with E-state index < -0.39 is 29.7 Å². The van der Waals surface area contributed by atoms with Crippen LogP contribution in [0.3, 0.4) is 0 Å². The number of imide groups is 2. The number of benzene rings is 1. The van der Waals surface area contributed by atoms with Crippen molar-refractivity contribution in [2.24, 2.45) is 5.92 Å². The van der Waals surface area contributed by atoms with E-state index in [1.165, 1.54) is 0 Å². The third kappa shape index (κ3) is 4.10. The van der Waals surface area contributed by atoms with Crippen LogP contribution in [0.25, 0.3) is 0 Å². The fraction of sp³-hybridized carbons (Fsp3) is 0.500. The first-order valence-corrected chi connectivity index (χ1v) is 10.9. The molecule has 2 saturated heterocycles. The van der Waals surface area contributed by atoms with E-state index in [2.05, 4.69) is 20.9 Å². The quantitative estimate of drug-likeness (QED) is 0.529. The minimum absolute atomic E-state index is 0.0588. The Balaban J connectivity index is 1.39. The van der Waals surface area contributed by atoms with Gasteiger partial charge in [-0.3, -0.25) is 34.2 Å². The van der Waals surface area contributed by atoms with Crippen molar-refractivity contribution in [2.75, 3.05) is 38.5 Å². The van der Waals surface area contributed by atoms with Crippen LogP contribution in [0.1, 0.15) is 46.4 Å². The summed E-state index contributed by atoms with van der Waals surface area (Å²) < 4.78 is 0. The van der Waals surface area contributed by atoms with Crippen molar-refractivity contribution < 1.29 is 24.0 Å². The number of nitrogens with zero attached hydrogens (tertiary/aromatic N) is 2. The number of carbonyl (C=O) groups is 5. The third-order valence-electron chi connectivity index (χ3n) is 6.42. The predicted molar refractivity (Wildman–Crippen MR) is 115 cm³/mol. The zero-order valence-electron chi connectivity index (χ0n) is 18.0. The summed E-state index contributed by atoms with van der Waals surface area (Å²) in [6.07, 6.45) is 1.85. The monoisotopic (exact) mass is 441 g/mol. The molecule has 5 amide bonds. The van der Waals surface area contributed by atoms with E-state index in [0.29, 0.717) is 12.2 Å². The summed E-state index contributed by atoms with van der Waals surface area (Å²) in [6.45, 7) is 2.96. The highest BCUT2D eigenvalue weighted by molar-refractivity contribution is 6.25. The maximum atomic E-state index is 13.1. The summed E-state index contributed by atoms with van der Waals surface area (Å²) in [7, 11) is 1.66. The summed E-state index contributed by atoms with van der Waals surface area (Å²) in [5.74, 6) is -1.90. The molecular weight excluding hydrogens is 414 g/mol. The maximum Gasteiger partial charge on any atom is 0.264 e. The number of carbonyl (C=O) groups excluding carboxylic acids is 5. The minimum atomic E-state index is -0.977. The van der Waals surface area contributed by atoms with Crippen LogP contribution in [0.4, 0.5) is 5.69 Å². The molecule has 0 aromatic heterocycles. The Morgan fingerprint density at radius 2 is 1.84 bits per heavy atom. The number of hydrogen-bond acceptors (Lipinski definition) is 7. The van der Waals surface area contributed by atoms with Crippen molar-refractivity contribution in [3.63, 3.8) is 0 Å². The van der Waals surface area contributed by atoms with E-state index in [0.717, 1.165) is 37.4 Å². The van der Waals surface area contributed by atoms with Gasteiger partial charge in [-0.25, -0.2) is 0 Å². The van der Waals surface area contributed by atoms with Gasteiger partial charge in [0.05, 0.1) is 11.1 Å². The molecule has 1 unspecified atom stereocenters. The molecule has 1 aromatic rings. The lowest BCUT2D eigenvalue weighted by Gasteiger charge is -2.31. The van der Waals surface area contributed by atoms with Gasteiger partial charge in [-0.2, -0.15) is 0 Å². The van der Waals surface area contributed by atoms with Gasteiger partial charge in [0.1, 0.15) is 6.04 Å². The molecule has 0 spiro atoms. The Hall–Kier alpha value is -3.27. The zero-order chi connectivity index (χ0) is 22.8. The summed E-state index contributed by atoms with van der Waals surface area (Å²) in [5.41, 5.74) is 1.08. The molecule has 1 aromatic carbocycles. The summed E-state index contributed by atoms with van der Waals surface area (Å²) in [4.78, 5) is 64.6. The fourth-order valence-corrected chi connectivity index (χ4v) is 4.63. The Kier molecular flexibility index (Phi) is 6.22. The lowest BCUT2D eigenvalue weighted by molar-refractivity contribution is -0.136. The first kappa shape index (κ1) is 21.9. The molecule has 3 aliphatic rings. The number of likely N-dealkylation sites (tertiary alicyclic amines) is 1. The van der Waals surface area contributed by atoms with Crippen molar-refractivity contribution in [1.82, 2.24) is 20.4 Å². The lowest BCUT2D eigenvalue weighted by atomic mass is 9.96. The van der Waals surface area contributed by atoms with E-state index in [9.17, 15) is 24.0 Å². The Labute approximate surface area is 185 Å². The number of anilines is 1. The second-order valence-electron chi connectivity index (χ2n) is 8.33. The van der Waals surface area contributed by atoms with Gasteiger partial charge in [0.25, 0.3) is 11.8 Å². The normalized spacial score (nSPS) is 22.0. The first-order valence-electron chi connectivity index (χ1n) is 10.9. The lowest BCUT2D eigenvalue weighted by Crippen LogP contribution is -2.54. The SMILES string of the molecule is CNC(=O)C1CCN(CCNc2cccc3c2C(=O)N(C2CCC(=O)NC2=O)C3=O)CC1. The van der Waals surface area contributed by atoms with Gasteiger partial charge in [-0.05, 0) is 44.5 Å². The van der Waals surface area contributed by atoms with Crippen molar-refractivity contribution in [2.45, 2.75) is 31.7 Å². The van der Waals surface area contributed by atoms with Crippen LogP contribution in [0.2, 0.25) is 0 Å². The topological polar surface area (TPSA) is 128 Å². The van der Waals surface area contributed by atoms with E-state index >= 15 is 0 Å². The number of hydrogen-bond donors (Lipinski definition) is 3. The minimum Gasteiger partial charge on any atom is -0.383 e. The second kappa shape index (κ2) is 9.07. The van der Waals surface area contributed by atoms with Crippen LogP contribution in [-0.2, 0) is 14.4 Å². The number of piperidine rings is 2. The fourth-order valence-electron chi connectivity index (χ4n) is 4.63. The Bertz CT molecular complexity index is 969. The molecule has 0 radical (unpaired) electrons. The van der Waals surface area contributed by atoms with Gasteiger partial charge in [-0.15, -0.1) is 0 Å². The number of fused-ring (bicyclic) bond motifs is 1. The number of amides is 5. The van der Waals surface area contributed by atoms with Gasteiger partial charge in [-0.1, -0.05) is 6.07 Å². The zero-order valence-corrected chi connectivity index (χ0v) is 18.0. The van der Waals surface area contributed by atoms with Crippen LogP contribution >= 0.6 is 0 Å². The van der Waals surface area contributed by atoms with Crippen LogP contribution in [0.15, 0.2) is 18.2 Å². The molecule has 10 heteroatoms. The number of rotatable bonds is 6. The standard InChI is InChI=1S/C22H27N5O5/c1-23-19(29)13-7-10-26(11-8-13)12-9-24-15-4-2-3-14-18(15)22(32)27(21(14)31)16-5-6-17(28)25-20(16)30/h2-4,13,16,24H,5-12H2,1H3,(H,23,29)(H,25,28,30). The molecule has 32 heavy (non-hydrogen) atoms. The molecule has 2 fully saturated rings. The Morgan fingerprint density at radius 1 is 1.09 bits per heavy atom. The Morgan fingerprint density at radius 3 is 2.53 bits per heavy atom. The average Bonchev–Trinajstić information content (AvgIpc) is 3.05. The highest BCUT2D eigenvalue weighted by Crippen LogP contribution is 2.32.